The van der Waals surface area contributed by atoms with E-state index in [0.717, 1.165) is 24.9 Å². The van der Waals surface area contributed by atoms with E-state index in [2.05, 4.69) is 17.2 Å². The second-order valence-corrected chi connectivity index (χ2v) is 12.2. The molecule has 2 saturated heterocycles. The molecular weight excluding hydrogens is 510 g/mol. The van der Waals surface area contributed by atoms with Gasteiger partial charge in [0.15, 0.2) is 0 Å². The molecule has 2 N–H and O–H groups in total. The number of hydrogen-bond acceptors (Lipinski definition) is 7. The zero-order chi connectivity index (χ0) is 28.9. The van der Waals surface area contributed by atoms with Crippen LogP contribution in [-0.4, -0.2) is 75.0 Å². The van der Waals surface area contributed by atoms with E-state index >= 15 is 0 Å². The molecule has 10 nitrogen and oxygen atoms in total. The monoisotopic (exact) mass is 553 g/mol. The van der Waals surface area contributed by atoms with Gasteiger partial charge in [0, 0.05) is 44.7 Å². The number of likely N-dealkylation sites (tertiary alicyclic amines) is 1. The van der Waals surface area contributed by atoms with E-state index in [1.54, 1.807) is 0 Å². The molecule has 2 atom stereocenters. The zero-order valence-electron chi connectivity index (χ0n) is 24.1. The third-order valence-corrected chi connectivity index (χ3v) is 7.78. The highest BCUT2D eigenvalue weighted by Crippen LogP contribution is 2.27. The van der Waals surface area contributed by atoms with E-state index in [9.17, 15) is 19.5 Å². The van der Waals surface area contributed by atoms with Crippen LogP contribution in [0, 0.1) is 0 Å². The van der Waals surface area contributed by atoms with Crippen LogP contribution in [0.25, 0.3) is 0 Å². The van der Waals surface area contributed by atoms with Gasteiger partial charge in [-0.25, -0.2) is 9.78 Å². The first-order chi connectivity index (χ1) is 18.9. The van der Waals surface area contributed by atoms with Crippen molar-refractivity contribution in [3.05, 3.63) is 58.6 Å². The second kappa shape index (κ2) is 12.4. The molecule has 3 heterocycles. The molecule has 2 aliphatic rings. The lowest BCUT2D eigenvalue weighted by molar-refractivity contribution is -0.136. The number of hydrogen-bond donors (Lipinski definition) is 2. The SMILES string of the molecule is C[C@H](CC(=O)N1CCC(O)(Cn2cnc(N3CCCC3CNC(=O)OC(C)(C)C)cc2=O)CC1)c1ccccc1. The number of rotatable bonds is 8. The number of ether oxygens (including phenoxy) is 1. The summed E-state index contributed by atoms with van der Waals surface area (Å²) >= 11 is 0. The first kappa shape index (κ1) is 29.6. The average molecular weight is 554 g/mol. The molecule has 0 bridgehead atoms. The van der Waals surface area contributed by atoms with Crippen molar-refractivity contribution in [3.8, 4) is 0 Å². The zero-order valence-corrected chi connectivity index (χ0v) is 24.1. The van der Waals surface area contributed by atoms with Crippen molar-refractivity contribution in [1.82, 2.24) is 19.8 Å². The van der Waals surface area contributed by atoms with Gasteiger partial charge >= 0.3 is 6.09 Å². The number of carbonyl (C=O) groups excluding carboxylic acids is 2. The van der Waals surface area contributed by atoms with Crippen molar-refractivity contribution in [2.45, 2.75) is 89.5 Å². The highest BCUT2D eigenvalue weighted by Gasteiger charge is 2.35. The topological polar surface area (TPSA) is 117 Å². The molecule has 1 aromatic heterocycles. The quantitative estimate of drug-likeness (QED) is 0.515. The van der Waals surface area contributed by atoms with Crippen molar-refractivity contribution in [2.24, 2.45) is 0 Å². The molecule has 2 fully saturated rings. The summed E-state index contributed by atoms with van der Waals surface area (Å²) in [5, 5.41) is 14.1. The third kappa shape index (κ3) is 7.84. The Morgan fingerprint density at radius 1 is 1.18 bits per heavy atom. The number of anilines is 1. The lowest BCUT2D eigenvalue weighted by atomic mass is 9.90. The van der Waals surface area contributed by atoms with Gasteiger partial charge in [-0.3, -0.25) is 14.2 Å². The summed E-state index contributed by atoms with van der Waals surface area (Å²) in [7, 11) is 0. The van der Waals surface area contributed by atoms with Crippen LogP contribution in [0.3, 0.4) is 0 Å². The number of carbonyl (C=O) groups is 2. The standard InChI is InChI=1S/C30H43N5O5/c1-22(23-9-6-5-7-10-23)17-26(36)33-15-12-30(39,13-16-33)20-34-21-32-25(18-27(34)37)35-14-8-11-24(35)19-31-28(38)40-29(2,3)4/h5-7,9-10,18,21-22,24,39H,8,11-17,19-20H2,1-4H3,(H,31,38)/t22-,24?/m1/s1. The number of alkyl carbamates (subject to hydrolysis) is 1. The number of aliphatic hydroxyl groups is 1. The maximum atomic E-state index is 13.0. The smallest absolute Gasteiger partial charge is 0.407 e. The Kier molecular flexibility index (Phi) is 9.18. The maximum Gasteiger partial charge on any atom is 0.407 e. The Balaban J connectivity index is 1.30. The predicted octanol–water partition coefficient (Wildman–Crippen LogP) is 3.28. The molecule has 10 heteroatoms. The minimum absolute atomic E-state index is 0.0194. The van der Waals surface area contributed by atoms with Crippen molar-refractivity contribution in [1.29, 1.82) is 0 Å². The number of nitrogens with zero attached hydrogens (tertiary/aromatic N) is 4. The Bertz CT molecular complexity index is 1220. The Labute approximate surface area is 236 Å². The summed E-state index contributed by atoms with van der Waals surface area (Å²) in [5.74, 6) is 0.776. The first-order valence-electron chi connectivity index (χ1n) is 14.3. The molecule has 1 unspecified atom stereocenters. The van der Waals surface area contributed by atoms with Crippen LogP contribution >= 0.6 is 0 Å². The number of amides is 2. The molecule has 1 aromatic carbocycles. The van der Waals surface area contributed by atoms with E-state index in [0.29, 0.717) is 44.7 Å². The lowest BCUT2D eigenvalue weighted by Crippen LogP contribution is -2.50. The van der Waals surface area contributed by atoms with Crippen LogP contribution in [0.5, 0.6) is 0 Å². The van der Waals surface area contributed by atoms with Gasteiger partial charge in [-0.05, 0) is 57.9 Å². The maximum absolute atomic E-state index is 13.0. The summed E-state index contributed by atoms with van der Waals surface area (Å²) in [6, 6.07) is 11.5. The lowest BCUT2D eigenvalue weighted by Gasteiger charge is -2.38. The van der Waals surface area contributed by atoms with Gasteiger partial charge in [0.1, 0.15) is 11.4 Å². The van der Waals surface area contributed by atoms with Crippen LogP contribution in [-0.2, 0) is 16.1 Å². The fourth-order valence-electron chi connectivity index (χ4n) is 5.50. The Morgan fingerprint density at radius 2 is 1.88 bits per heavy atom. The number of piperidine rings is 1. The molecule has 2 aliphatic heterocycles. The fraction of sp³-hybridized carbons (Fsp3) is 0.600. The summed E-state index contributed by atoms with van der Waals surface area (Å²) < 4.78 is 6.77. The molecule has 0 radical (unpaired) electrons. The molecule has 0 aliphatic carbocycles. The van der Waals surface area contributed by atoms with Gasteiger partial charge in [-0.2, -0.15) is 0 Å². The average Bonchev–Trinajstić information content (AvgIpc) is 3.37. The van der Waals surface area contributed by atoms with Crippen molar-refractivity contribution in [2.75, 3.05) is 31.1 Å². The normalized spacial score (nSPS) is 19.8. The number of benzene rings is 1. The molecule has 40 heavy (non-hydrogen) atoms. The van der Waals surface area contributed by atoms with Crippen LogP contribution in [0.4, 0.5) is 10.6 Å². The van der Waals surface area contributed by atoms with E-state index < -0.39 is 17.3 Å². The minimum atomic E-state index is -1.08. The van der Waals surface area contributed by atoms with Gasteiger partial charge in [0.2, 0.25) is 5.91 Å². The van der Waals surface area contributed by atoms with Gasteiger partial charge in [-0.15, -0.1) is 0 Å². The van der Waals surface area contributed by atoms with Crippen LogP contribution in [0.2, 0.25) is 0 Å². The highest BCUT2D eigenvalue weighted by atomic mass is 16.6. The minimum Gasteiger partial charge on any atom is -0.444 e. The largest absolute Gasteiger partial charge is 0.444 e. The highest BCUT2D eigenvalue weighted by molar-refractivity contribution is 5.77. The van der Waals surface area contributed by atoms with E-state index in [-0.39, 0.29) is 30.0 Å². The molecule has 2 amide bonds. The first-order valence-corrected chi connectivity index (χ1v) is 14.3. The molecule has 218 valence electrons. The van der Waals surface area contributed by atoms with Gasteiger partial charge in [0.05, 0.1) is 18.5 Å². The van der Waals surface area contributed by atoms with Gasteiger partial charge in [-0.1, -0.05) is 37.3 Å². The van der Waals surface area contributed by atoms with Crippen molar-refractivity contribution >= 4 is 17.8 Å². The van der Waals surface area contributed by atoms with Gasteiger partial charge < -0.3 is 25.0 Å². The van der Waals surface area contributed by atoms with Gasteiger partial charge in [0.25, 0.3) is 5.56 Å². The van der Waals surface area contributed by atoms with Crippen molar-refractivity contribution in [3.63, 3.8) is 0 Å². The van der Waals surface area contributed by atoms with Crippen LogP contribution < -0.4 is 15.8 Å². The van der Waals surface area contributed by atoms with E-state index in [4.69, 9.17) is 4.74 Å². The summed E-state index contributed by atoms with van der Waals surface area (Å²) in [6.45, 7) is 9.70. The number of nitrogens with one attached hydrogen (secondary N) is 1. The summed E-state index contributed by atoms with van der Waals surface area (Å²) in [5.41, 5.74) is -0.746. The molecule has 4 rings (SSSR count). The summed E-state index contributed by atoms with van der Waals surface area (Å²) in [4.78, 5) is 46.3. The Hall–Kier alpha value is -3.40. The molecule has 2 aromatic rings. The van der Waals surface area contributed by atoms with Crippen LogP contribution in [0.15, 0.2) is 47.5 Å². The second-order valence-electron chi connectivity index (χ2n) is 12.2. The third-order valence-electron chi connectivity index (χ3n) is 7.78. The van der Waals surface area contributed by atoms with E-state index in [1.165, 1.54) is 17.0 Å². The fourth-order valence-corrected chi connectivity index (χ4v) is 5.50. The molecule has 0 saturated carbocycles. The predicted molar refractivity (Wildman–Crippen MR) is 153 cm³/mol. The number of aromatic nitrogens is 2. The molecule has 0 spiro atoms. The summed E-state index contributed by atoms with van der Waals surface area (Å²) in [6.07, 6.45) is 4.07. The molecular formula is C30H43N5O5. The van der Waals surface area contributed by atoms with Crippen LogP contribution in [0.1, 0.15) is 71.3 Å². The Morgan fingerprint density at radius 3 is 2.52 bits per heavy atom. The van der Waals surface area contributed by atoms with E-state index in [1.807, 2.05) is 60.9 Å². The van der Waals surface area contributed by atoms with Crippen molar-refractivity contribution < 1.29 is 19.4 Å².